The number of aliphatic carboxylic acids is 1. The molecule has 0 saturated carbocycles. The Morgan fingerprint density at radius 1 is 1.12 bits per heavy atom. The maximum Gasteiger partial charge on any atom is 0.303 e. The van der Waals surface area contributed by atoms with Crippen molar-refractivity contribution in [3.8, 4) is 0 Å². The molecule has 0 aliphatic heterocycles. The van der Waals surface area contributed by atoms with Crippen LogP contribution in [0.15, 0.2) is 17.0 Å². The number of hydrogen-bond acceptors (Lipinski definition) is 3. The first-order valence-corrected chi connectivity index (χ1v) is 6.38. The van der Waals surface area contributed by atoms with Gasteiger partial charge in [-0.05, 0) is 12.8 Å². The fraction of sp³-hybridized carbons (Fsp3) is 0.692. The molecular weight excluding hydrogens is 218 g/mol. The molecule has 0 unspecified atom stereocenters. The van der Waals surface area contributed by atoms with Crippen LogP contribution in [0.1, 0.15) is 57.1 Å². The Kier molecular flexibility index (Phi) is 7.11. The van der Waals surface area contributed by atoms with Gasteiger partial charge in [0, 0.05) is 12.8 Å². The number of unbranched alkanes of at least 4 members (excludes halogenated alkanes) is 6. The number of carboxylic acid groups (broad SMARTS) is 1. The van der Waals surface area contributed by atoms with Gasteiger partial charge >= 0.3 is 5.97 Å². The van der Waals surface area contributed by atoms with E-state index >= 15 is 0 Å². The molecule has 17 heavy (non-hydrogen) atoms. The van der Waals surface area contributed by atoms with Gasteiger partial charge in [-0.1, -0.05) is 32.1 Å². The average molecular weight is 239 g/mol. The molecule has 96 valence electrons. The molecule has 4 nitrogen and oxygen atoms in total. The van der Waals surface area contributed by atoms with Gasteiger partial charge in [-0.15, -0.1) is 0 Å². The third kappa shape index (κ3) is 7.55. The van der Waals surface area contributed by atoms with Gasteiger partial charge in [-0.25, -0.2) is 4.98 Å². The van der Waals surface area contributed by atoms with Crippen LogP contribution in [0, 0.1) is 0 Å². The smallest absolute Gasteiger partial charge is 0.303 e. The Balaban J connectivity index is 1.80. The second kappa shape index (κ2) is 8.79. The molecule has 1 heterocycles. The van der Waals surface area contributed by atoms with Crippen molar-refractivity contribution in [3.63, 3.8) is 0 Å². The fourth-order valence-corrected chi connectivity index (χ4v) is 1.82. The molecule has 1 rings (SSSR count). The van der Waals surface area contributed by atoms with Crippen LogP contribution in [0.4, 0.5) is 0 Å². The standard InChI is InChI=1S/C13H21NO3/c15-13(16)9-7-5-3-1-2-4-6-8-12-10-14-11-17-12/h10-11H,1-9H2,(H,15,16). The third-order valence-electron chi connectivity index (χ3n) is 2.80. The summed E-state index contributed by atoms with van der Waals surface area (Å²) in [6.45, 7) is 0. The Morgan fingerprint density at radius 3 is 2.35 bits per heavy atom. The van der Waals surface area contributed by atoms with E-state index in [1.165, 1.54) is 25.7 Å². The Morgan fingerprint density at radius 2 is 1.76 bits per heavy atom. The maximum atomic E-state index is 10.3. The summed E-state index contributed by atoms with van der Waals surface area (Å²) in [6, 6.07) is 0. The highest BCUT2D eigenvalue weighted by atomic mass is 16.4. The number of carbonyl (C=O) groups is 1. The van der Waals surface area contributed by atoms with Crippen LogP contribution in [0.2, 0.25) is 0 Å². The number of aromatic nitrogens is 1. The molecule has 1 aromatic heterocycles. The maximum absolute atomic E-state index is 10.3. The van der Waals surface area contributed by atoms with Crippen LogP contribution in [0.25, 0.3) is 0 Å². The molecule has 0 aliphatic rings. The zero-order valence-corrected chi connectivity index (χ0v) is 10.2. The summed E-state index contributed by atoms with van der Waals surface area (Å²) in [6.07, 6.45) is 12.3. The lowest BCUT2D eigenvalue weighted by molar-refractivity contribution is -0.137. The number of aryl methyl sites for hydroxylation is 1. The number of nitrogens with zero attached hydrogens (tertiary/aromatic N) is 1. The van der Waals surface area contributed by atoms with Gasteiger partial charge in [0.1, 0.15) is 5.76 Å². The minimum atomic E-state index is -0.683. The van der Waals surface area contributed by atoms with E-state index in [4.69, 9.17) is 9.52 Å². The minimum Gasteiger partial charge on any atom is -0.481 e. The van der Waals surface area contributed by atoms with E-state index in [1.54, 1.807) is 6.20 Å². The van der Waals surface area contributed by atoms with Crippen LogP contribution in [-0.4, -0.2) is 16.1 Å². The van der Waals surface area contributed by atoms with Crippen molar-refractivity contribution in [3.05, 3.63) is 18.4 Å². The van der Waals surface area contributed by atoms with Crippen molar-refractivity contribution in [2.24, 2.45) is 0 Å². The van der Waals surface area contributed by atoms with E-state index in [0.29, 0.717) is 6.42 Å². The molecule has 0 amide bonds. The van der Waals surface area contributed by atoms with Crippen LogP contribution in [-0.2, 0) is 11.2 Å². The molecule has 0 spiro atoms. The van der Waals surface area contributed by atoms with Crippen molar-refractivity contribution in [2.75, 3.05) is 0 Å². The molecule has 0 fully saturated rings. The van der Waals surface area contributed by atoms with Crippen LogP contribution < -0.4 is 0 Å². The highest BCUT2D eigenvalue weighted by molar-refractivity contribution is 5.66. The number of hydrogen-bond donors (Lipinski definition) is 1. The summed E-state index contributed by atoms with van der Waals surface area (Å²) < 4.78 is 5.15. The fourth-order valence-electron chi connectivity index (χ4n) is 1.82. The number of carboxylic acids is 1. The molecule has 0 radical (unpaired) electrons. The largest absolute Gasteiger partial charge is 0.481 e. The first-order chi connectivity index (χ1) is 8.29. The van der Waals surface area contributed by atoms with Gasteiger partial charge in [-0.3, -0.25) is 4.79 Å². The van der Waals surface area contributed by atoms with E-state index in [0.717, 1.165) is 37.9 Å². The van der Waals surface area contributed by atoms with Gasteiger partial charge in [-0.2, -0.15) is 0 Å². The summed E-state index contributed by atoms with van der Waals surface area (Å²) >= 11 is 0. The molecule has 1 N–H and O–H groups in total. The van der Waals surface area contributed by atoms with E-state index in [9.17, 15) is 4.79 Å². The van der Waals surface area contributed by atoms with Crippen molar-refractivity contribution in [1.82, 2.24) is 4.98 Å². The van der Waals surface area contributed by atoms with Gasteiger partial charge in [0.2, 0.25) is 0 Å². The summed E-state index contributed by atoms with van der Waals surface area (Å²) in [7, 11) is 0. The second-order valence-corrected chi connectivity index (χ2v) is 4.34. The number of oxazole rings is 1. The molecular formula is C13H21NO3. The Bertz CT molecular complexity index is 296. The molecule has 1 aromatic rings. The topological polar surface area (TPSA) is 63.3 Å². The lowest BCUT2D eigenvalue weighted by Crippen LogP contribution is -1.93. The van der Waals surface area contributed by atoms with Gasteiger partial charge in [0.25, 0.3) is 0 Å². The third-order valence-corrected chi connectivity index (χ3v) is 2.80. The molecule has 0 aromatic carbocycles. The van der Waals surface area contributed by atoms with Crippen LogP contribution in [0.5, 0.6) is 0 Å². The Labute approximate surface area is 102 Å². The highest BCUT2D eigenvalue weighted by Gasteiger charge is 1.98. The predicted molar refractivity (Wildman–Crippen MR) is 64.8 cm³/mol. The molecule has 4 heteroatoms. The minimum absolute atomic E-state index is 0.311. The molecule has 0 saturated heterocycles. The first kappa shape index (κ1) is 13.7. The summed E-state index contributed by atoms with van der Waals surface area (Å²) in [5, 5.41) is 8.46. The van der Waals surface area contributed by atoms with E-state index in [2.05, 4.69) is 4.98 Å². The van der Waals surface area contributed by atoms with E-state index < -0.39 is 5.97 Å². The summed E-state index contributed by atoms with van der Waals surface area (Å²) in [5.74, 6) is 0.281. The average Bonchev–Trinajstić information content (AvgIpc) is 2.79. The van der Waals surface area contributed by atoms with Crippen LogP contribution >= 0.6 is 0 Å². The van der Waals surface area contributed by atoms with Crippen molar-refractivity contribution in [2.45, 2.75) is 57.8 Å². The van der Waals surface area contributed by atoms with E-state index in [1.807, 2.05) is 0 Å². The summed E-state index contributed by atoms with van der Waals surface area (Å²) in [4.78, 5) is 14.1. The molecule has 0 aliphatic carbocycles. The van der Waals surface area contributed by atoms with Crippen molar-refractivity contribution >= 4 is 5.97 Å². The normalized spacial score (nSPS) is 10.6. The first-order valence-electron chi connectivity index (χ1n) is 6.38. The molecule has 0 bridgehead atoms. The van der Waals surface area contributed by atoms with E-state index in [-0.39, 0.29) is 0 Å². The SMILES string of the molecule is O=C(O)CCCCCCCCCc1cnco1. The zero-order valence-electron chi connectivity index (χ0n) is 10.2. The predicted octanol–water partition coefficient (Wildman–Crippen LogP) is 3.42. The highest BCUT2D eigenvalue weighted by Crippen LogP contribution is 2.10. The van der Waals surface area contributed by atoms with Gasteiger partial charge < -0.3 is 9.52 Å². The van der Waals surface area contributed by atoms with Gasteiger partial charge in [0.15, 0.2) is 6.39 Å². The van der Waals surface area contributed by atoms with Crippen molar-refractivity contribution in [1.29, 1.82) is 0 Å². The lowest BCUT2D eigenvalue weighted by Gasteiger charge is -2.00. The van der Waals surface area contributed by atoms with Crippen LogP contribution in [0.3, 0.4) is 0 Å². The van der Waals surface area contributed by atoms with Gasteiger partial charge in [0.05, 0.1) is 6.20 Å². The number of rotatable bonds is 10. The van der Waals surface area contributed by atoms with Crippen molar-refractivity contribution < 1.29 is 14.3 Å². The Hall–Kier alpha value is -1.32. The molecule has 0 atom stereocenters. The quantitative estimate of drug-likeness (QED) is 0.635. The monoisotopic (exact) mass is 239 g/mol. The summed E-state index contributed by atoms with van der Waals surface area (Å²) in [5.41, 5.74) is 0. The zero-order chi connectivity index (χ0) is 12.3. The lowest BCUT2D eigenvalue weighted by atomic mass is 10.1. The second-order valence-electron chi connectivity index (χ2n) is 4.34.